The van der Waals surface area contributed by atoms with Crippen molar-refractivity contribution in [1.29, 1.82) is 0 Å². The Labute approximate surface area is 179 Å². The van der Waals surface area contributed by atoms with Crippen molar-refractivity contribution in [2.75, 3.05) is 83.4 Å². The summed E-state index contributed by atoms with van der Waals surface area (Å²) >= 11 is 0. The molecule has 1 N–H and O–H groups in total. The predicted molar refractivity (Wildman–Crippen MR) is 121 cm³/mol. The van der Waals surface area contributed by atoms with Gasteiger partial charge >= 0.3 is 0 Å². The number of piperazine rings is 1. The zero-order valence-corrected chi connectivity index (χ0v) is 18.5. The number of methoxy groups -OCH3 is 1. The molecule has 4 rings (SSSR count). The van der Waals surface area contributed by atoms with Gasteiger partial charge in [0, 0.05) is 58.3 Å². The first-order valence-electron chi connectivity index (χ1n) is 11.0. The maximum Gasteiger partial charge on any atom is 0.227 e. The van der Waals surface area contributed by atoms with Gasteiger partial charge in [-0.25, -0.2) is 4.98 Å². The lowest BCUT2D eigenvalue weighted by Gasteiger charge is -2.30. The molecule has 2 aromatic rings. The highest BCUT2D eigenvalue weighted by atomic mass is 16.5. The summed E-state index contributed by atoms with van der Waals surface area (Å²) in [7, 11) is 5.64. The van der Waals surface area contributed by atoms with Gasteiger partial charge in [0.05, 0.1) is 19.2 Å². The summed E-state index contributed by atoms with van der Waals surface area (Å²) in [4.78, 5) is 16.4. The molecule has 164 valence electrons. The smallest absolute Gasteiger partial charge is 0.227 e. The third-order valence-corrected chi connectivity index (χ3v) is 5.84. The zero-order chi connectivity index (χ0) is 20.9. The second-order valence-electron chi connectivity index (χ2n) is 8.25. The van der Waals surface area contributed by atoms with Crippen LogP contribution in [-0.4, -0.2) is 88.5 Å². The summed E-state index contributed by atoms with van der Waals surface area (Å²) in [6, 6.07) is 4.03. The van der Waals surface area contributed by atoms with Crippen molar-refractivity contribution in [3.05, 3.63) is 12.1 Å². The number of benzene rings is 1. The maximum atomic E-state index is 6.13. The number of nitrogens with zero attached hydrogens (tertiary/aromatic N) is 5. The van der Waals surface area contributed by atoms with Crippen LogP contribution in [0.5, 0.6) is 11.5 Å². The summed E-state index contributed by atoms with van der Waals surface area (Å²) in [6.07, 6.45) is 3.66. The molecule has 2 aliphatic heterocycles. The van der Waals surface area contributed by atoms with Crippen LogP contribution in [0.1, 0.15) is 19.3 Å². The van der Waals surface area contributed by atoms with Crippen molar-refractivity contribution in [1.82, 2.24) is 20.2 Å². The highest BCUT2D eigenvalue weighted by Gasteiger charge is 2.20. The molecule has 0 atom stereocenters. The van der Waals surface area contributed by atoms with Crippen molar-refractivity contribution in [2.24, 2.45) is 0 Å². The van der Waals surface area contributed by atoms with Crippen molar-refractivity contribution >= 4 is 22.7 Å². The van der Waals surface area contributed by atoms with Crippen LogP contribution in [0.4, 0.5) is 11.8 Å². The first-order valence-corrected chi connectivity index (χ1v) is 11.0. The van der Waals surface area contributed by atoms with E-state index in [2.05, 4.69) is 15.1 Å². The van der Waals surface area contributed by atoms with Crippen LogP contribution < -0.4 is 24.6 Å². The highest BCUT2D eigenvalue weighted by Crippen LogP contribution is 2.36. The molecule has 0 bridgehead atoms. The molecular weight excluding hydrogens is 380 g/mol. The van der Waals surface area contributed by atoms with Crippen LogP contribution in [0.2, 0.25) is 0 Å². The van der Waals surface area contributed by atoms with Crippen LogP contribution in [0, 0.1) is 0 Å². The first-order chi connectivity index (χ1) is 14.7. The van der Waals surface area contributed by atoms with Crippen molar-refractivity contribution in [3.8, 4) is 11.5 Å². The Morgan fingerprint density at radius 1 is 1.03 bits per heavy atom. The molecule has 3 heterocycles. The molecule has 2 saturated heterocycles. The Kier molecular flexibility index (Phi) is 6.74. The van der Waals surface area contributed by atoms with Gasteiger partial charge in [-0.15, -0.1) is 0 Å². The summed E-state index contributed by atoms with van der Waals surface area (Å²) in [5, 5.41) is 4.41. The van der Waals surface area contributed by atoms with Crippen molar-refractivity contribution in [3.63, 3.8) is 0 Å². The van der Waals surface area contributed by atoms with E-state index in [1.54, 1.807) is 7.11 Å². The molecule has 2 fully saturated rings. The number of hydrogen-bond acceptors (Lipinski definition) is 8. The van der Waals surface area contributed by atoms with Gasteiger partial charge in [-0.1, -0.05) is 0 Å². The van der Waals surface area contributed by atoms with E-state index in [0.717, 1.165) is 67.4 Å². The van der Waals surface area contributed by atoms with E-state index in [0.29, 0.717) is 12.6 Å². The zero-order valence-electron chi connectivity index (χ0n) is 18.5. The van der Waals surface area contributed by atoms with E-state index in [1.165, 1.54) is 25.9 Å². The number of likely N-dealkylation sites (tertiary alicyclic amines) is 1. The van der Waals surface area contributed by atoms with E-state index in [1.807, 2.05) is 31.1 Å². The van der Waals surface area contributed by atoms with E-state index in [9.17, 15) is 0 Å². The van der Waals surface area contributed by atoms with Gasteiger partial charge in [-0.05, 0) is 38.4 Å². The summed E-state index contributed by atoms with van der Waals surface area (Å²) in [5.74, 6) is 3.16. The van der Waals surface area contributed by atoms with E-state index < -0.39 is 0 Å². The molecule has 0 saturated carbocycles. The molecule has 0 aliphatic carbocycles. The van der Waals surface area contributed by atoms with Crippen LogP contribution in [0.3, 0.4) is 0 Å². The van der Waals surface area contributed by atoms with Gasteiger partial charge in [-0.3, -0.25) is 0 Å². The van der Waals surface area contributed by atoms with Crippen LogP contribution in [0.15, 0.2) is 12.1 Å². The van der Waals surface area contributed by atoms with Gasteiger partial charge < -0.3 is 29.5 Å². The Bertz CT molecular complexity index is 847. The Morgan fingerprint density at radius 3 is 2.50 bits per heavy atom. The number of aromatic nitrogens is 2. The van der Waals surface area contributed by atoms with Crippen LogP contribution in [0.25, 0.3) is 10.9 Å². The molecular formula is C22H34N6O2. The molecule has 0 radical (unpaired) electrons. The molecule has 0 unspecified atom stereocenters. The third-order valence-electron chi connectivity index (χ3n) is 5.84. The second kappa shape index (κ2) is 9.66. The summed E-state index contributed by atoms with van der Waals surface area (Å²) < 4.78 is 11.8. The standard InChI is InChI=1S/C22H34N6O2/c1-26(2)22-24-18-16-20(30-14-6-11-27-9-4-5-10-27)19(29-3)15-17(18)21(25-22)28-12-7-23-8-13-28/h15-16,23H,4-14H2,1-3H3. The quantitative estimate of drug-likeness (QED) is 0.658. The largest absolute Gasteiger partial charge is 0.493 e. The fourth-order valence-corrected chi connectivity index (χ4v) is 4.18. The van der Waals surface area contributed by atoms with Crippen molar-refractivity contribution in [2.45, 2.75) is 19.3 Å². The SMILES string of the molecule is COc1cc2c(N3CCNCC3)nc(N(C)C)nc2cc1OCCCN1CCCC1. The lowest BCUT2D eigenvalue weighted by molar-refractivity contribution is 0.254. The number of nitrogens with one attached hydrogen (secondary N) is 1. The molecule has 8 nitrogen and oxygen atoms in total. The summed E-state index contributed by atoms with van der Waals surface area (Å²) in [5.41, 5.74) is 0.887. The Morgan fingerprint density at radius 2 is 1.80 bits per heavy atom. The third kappa shape index (κ3) is 4.70. The molecule has 2 aliphatic rings. The minimum absolute atomic E-state index is 0.675. The van der Waals surface area contributed by atoms with Gasteiger partial charge in [0.25, 0.3) is 0 Å². The average molecular weight is 415 g/mol. The lowest BCUT2D eigenvalue weighted by Crippen LogP contribution is -2.44. The number of ether oxygens (including phenoxy) is 2. The van der Waals surface area contributed by atoms with Crippen LogP contribution >= 0.6 is 0 Å². The Balaban J connectivity index is 1.59. The normalized spacial score (nSPS) is 17.5. The minimum Gasteiger partial charge on any atom is -0.493 e. The minimum atomic E-state index is 0.675. The van der Waals surface area contributed by atoms with Crippen molar-refractivity contribution < 1.29 is 9.47 Å². The molecule has 30 heavy (non-hydrogen) atoms. The molecule has 1 aromatic heterocycles. The van der Waals surface area contributed by atoms with E-state index >= 15 is 0 Å². The van der Waals surface area contributed by atoms with Gasteiger partial charge in [0.1, 0.15) is 5.82 Å². The topological polar surface area (TPSA) is 66.0 Å². The maximum absolute atomic E-state index is 6.13. The lowest BCUT2D eigenvalue weighted by atomic mass is 10.2. The first kappa shape index (κ1) is 20.9. The van der Waals surface area contributed by atoms with Gasteiger partial charge in [-0.2, -0.15) is 4.98 Å². The molecule has 0 amide bonds. The molecule has 1 aromatic carbocycles. The summed E-state index contributed by atoms with van der Waals surface area (Å²) in [6.45, 7) is 7.98. The monoisotopic (exact) mass is 414 g/mol. The Hall–Kier alpha value is -2.32. The average Bonchev–Trinajstić information content (AvgIpc) is 3.29. The van der Waals surface area contributed by atoms with Gasteiger partial charge in [0.2, 0.25) is 5.95 Å². The highest BCUT2D eigenvalue weighted by molar-refractivity contribution is 5.93. The van der Waals surface area contributed by atoms with E-state index in [4.69, 9.17) is 19.4 Å². The predicted octanol–water partition coefficient (Wildman–Crippen LogP) is 1.98. The fraction of sp³-hybridized carbons (Fsp3) is 0.636. The molecule has 0 spiro atoms. The van der Waals surface area contributed by atoms with Crippen LogP contribution in [-0.2, 0) is 0 Å². The fourth-order valence-electron chi connectivity index (χ4n) is 4.18. The number of anilines is 2. The number of rotatable bonds is 8. The second-order valence-corrected chi connectivity index (χ2v) is 8.25. The molecule has 8 heteroatoms. The number of fused-ring (bicyclic) bond motifs is 1. The van der Waals surface area contributed by atoms with Gasteiger partial charge in [0.15, 0.2) is 11.5 Å². The van der Waals surface area contributed by atoms with E-state index in [-0.39, 0.29) is 0 Å². The number of hydrogen-bond donors (Lipinski definition) is 1.